The average molecular weight is 309 g/mol. The molecule has 1 aliphatic rings. The summed E-state index contributed by atoms with van der Waals surface area (Å²) in [5.41, 5.74) is 0.795. The van der Waals surface area contributed by atoms with Crippen molar-refractivity contribution in [3.63, 3.8) is 0 Å². The smallest absolute Gasteiger partial charge is 0.266 e. The zero-order valence-corrected chi connectivity index (χ0v) is 13.1. The zero-order chi connectivity index (χ0) is 14.7. The van der Waals surface area contributed by atoms with Crippen LogP contribution in [0.1, 0.15) is 12.5 Å². The minimum absolute atomic E-state index is 0.0626. The number of ether oxygens (including phenoxy) is 2. The van der Waals surface area contributed by atoms with Crippen LogP contribution in [0.2, 0.25) is 0 Å². The Kier molecular flexibility index (Phi) is 4.67. The molecule has 0 bridgehead atoms. The van der Waals surface area contributed by atoms with E-state index in [0.717, 1.165) is 5.56 Å². The molecule has 1 fully saturated rings. The lowest BCUT2D eigenvalue weighted by atomic mass is 10.1. The molecular formula is C14H15NO3S2. The van der Waals surface area contributed by atoms with Crippen molar-refractivity contribution in [3.05, 3.63) is 28.7 Å². The maximum absolute atomic E-state index is 12.2. The highest BCUT2D eigenvalue weighted by Gasteiger charge is 2.30. The van der Waals surface area contributed by atoms with Crippen LogP contribution in [0, 0.1) is 0 Å². The fourth-order valence-electron chi connectivity index (χ4n) is 1.87. The molecule has 1 aromatic rings. The molecule has 4 nitrogen and oxygen atoms in total. The SMILES string of the molecule is CCN1C(=O)/C(=C/c2cc(OC)ccc2OC)SC1=S. The van der Waals surface area contributed by atoms with Crippen molar-refractivity contribution in [2.24, 2.45) is 0 Å². The van der Waals surface area contributed by atoms with Gasteiger partial charge in [-0.1, -0.05) is 24.0 Å². The molecule has 1 aromatic carbocycles. The maximum atomic E-state index is 12.2. The van der Waals surface area contributed by atoms with Crippen molar-refractivity contribution >= 4 is 40.3 Å². The van der Waals surface area contributed by atoms with E-state index >= 15 is 0 Å². The molecule has 0 spiro atoms. The van der Waals surface area contributed by atoms with Gasteiger partial charge in [-0.3, -0.25) is 9.69 Å². The van der Waals surface area contributed by atoms with E-state index in [-0.39, 0.29) is 5.91 Å². The second-order valence-corrected chi connectivity index (χ2v) is 5.71. The van der Waals surface area contributed by atoms with Crippen LogP contribution in [0.5, 0.6) is 11.5 Å². The van der Waals surface area contributed by atoms with Crippen LogP contribution >= 0.6 is 24.0 Å². The monoisotopic (exact) mass is 309 g/mol. The number of methoxy groups -OCH3 is 2. The first-order valence-corrected chi connectivity index (χ1v) is 7.30. The Morgan fingerprint density at radius 2 is 2.10 bits per heavy atom. The second-order valence-electron chi connectivity index (χ2n) is 4.03. The summed E-state index contributed by atoms with van der Waals surface area (Å²) in [6.07, 6.45) is 1.79. The van der Waals surface area contributed by atoms with E-state index in [9.17, 15) is 4.79 Å². The summed E-state index contributed by atoms with van der Waals surface area (Å²) in [5.74, 6) is 1.34. The predicted octanol–water partition coefficient (Wildman–Crippen LogP) is 2.92. The Morgan fingerprint density at radius 3 is 2.65 bits per heavy atom. The zero-order valence-electron chi connectivity index (χ0n) is 11.5. The van der Waals surface area contributed by atoms with Gasteiger partial charge in [0.2, 0.25) is 0 Å². The summed E-state index contributed by atoms with van der Waals surface area (Å²) in [7, 11) is 3.19. The van der Waals surface area contributed by atoms with Crippen molar-refractivity contribution < 1.29 is 14.3 Å². The maximum Gasteiger partial charge on any atom is 0.266 e. The number of carbonyl (C=O) groups excluding carboxylic acids is 1. The summed E-state index contributed by atoms with van der Waals surface area (Å²) < 4.78 is 11.1. The molecule has 0 aromatic heterocycles. The van der Waals surface area contributed by atoms with Crippen molar-refractivity contribution in [2.75, 3.05) is 20.8 Å². The minimum Gasteiger partial charge on any atom is -0.497 e. The molecule has 0 radical (unpaired) electrons. The number of amides is 1. The first-order valence-electron chi connectivity index (χ1n) is 6.08. The van der Waals surface area contributed by atoms with Crippen LogP contribution in [0.3, 0.4) is 0 Å². The lowest BCUT2D eigenvalue weighted by Gasteiger charge is -2.10. The van der Waals surface area contributed by atoms with Gasteiger partial charge in [0.15, 0.2) is 0 Å². The van der Waals surface area contributed by atoms with Gasteiger partial charge in [-0.05, 0) is 31.2 Å². The number of hydrogen-bond acceptors (Lipinski definition) is 5. The molecule has 0 atom stereocenters. The molecule has 6 heteroatoms. The van der Waals surface area contributed by atoms with Gasteiger partial charge < -0.3 is 9.47 Å². The van der Waals surface area contributed by atoms with Gasteiger partial charge in [-0.2, -0.15) is 0 Å². The first-order chi connectivity index (χ1) is 9.60. The summed E-state index contributed by atoms with van der Waals surface area (Å²) in [6.45, 7) is 2.48. The van der Waals surface area contributed by atoms with E-state index in [4.69, 9.17) is 21.7 Å². The number of likely N-dealkylation sites (N-methyl/N-ethyl adjacent to an activating group) is 1. The minimum atomic E-state index is -0.0626. The molecule has 0 aliphatic carbocycles. The Hall–Kier alpha value is -1.53. The number of thiocarbonyl (C=S) groups is 1. The van der Waals surface area contributed by atoms with Crippen molar-refractivity contribution in [2.45, 2.75) is 6.92 Å². The number of benzene rings is 1. The van der Waals surface area contributed by atoms with Gasteiger partial charge in [0.05, 0.1) is 19.1 Å². The molecular weight excluding hydrogens is 294 g/mol. The molecule has 0 saturated carbocycles. The summed E-state index contributed by atoms with van der Waals surface area (Å²) >= 11 is 6.50. The normalized spacial score (nSPS) is 16.9. The standard InChI is InChI=1S/C14H15NO3S2/c1-4-15-13(16)12(20-14(15)19)8-9-7-10(17-2)5-6-11(9)18-3/h5-8H,4H2,1-3H3/b12-8-. The van der Waals surface area contributed by atoms with Crippen molar-refractivity contribution in [1.29, 1.82) is 0 Å². The van der Waals surface area contributed by atoms with Gasteiger partial charge in [0, 0.05) is 12.1 Å². The van der Waals surface area contributed by atoms with Crippen LogP contribution in [-0.4, -0.2) is 35.9 Å². The van der Waals surface area contributed by atoms with Gasteiger partial charge in [0.25, 0.3) is 5.91 Å². The molecule has 0 unspecified atom stereocenters. The number of rotatable bonds is 4. The molecule has 0 N–H and O–H groups in total. The van der Waals surface area contributed by atoms with Crippen LogP contribution in [-0.2, 0) is 4.79 Å². The van der Waals surface area contributed by atoms with Gasteiger partial charge in [0.1, 0.15) is 15.8 Å². The fraction of sp³-hybridized carbons (Fsp3) is 0.286. The number of carbonyl (C=O) groups is 1. The van der Waals surface area contributed by atoms with Crippen molar-refractivity contribution in [1.82, 2.24) is 4.90 Å². The summed E-state index contributed by atoms with van der Waals surface area (Å²) in [4.78, 5) is 14.4. The number of thioether (sulfide) groups is 1. The molecule has 1 saturated heterocycles. The van der Waals surface area contributed by atoms with E-state index < -0.39 is 0 Å². The molecule has 2 rings (SSSR count). The van der Waals surface area contributed by atoms with E-state index in [1.165, 1.54) is 11.8 Å². The number of hydrogen-bond donors (Lipinski definition) is 0. The lowest BCUT2D eigenvalue weighted by molar-refractivity contribution is -0.121. The second kappa shape index (κ2) is 6.28. The Balaban J connectivity index is 2.40. The van der Waals surface area contributed by atoms with E-state index in [2.05, 4.69) is 0 Å². The molecule has 1 heterocycles. The number of nitrogens with zero attached hydrogens (tertiary/aromatic N) is 1. The average Bonchev–Trinajstić information content (AvgIpc) is 2.72. The molecule has 20 heavy (non-hydrogen) atoms. The highest BCUT2D eigenvalue weighted by molar-refractivity contribution is 8.26. The Morgan fingerprint density at radius 1 is 1.35 bits per heavy atom. The van der Waals surface area contributed by atoms with Crippen molar-refractivity contribution in [3.8, 4) is 11.5 Å². The highest BCUT2D eigenvalue weighted by Crippen LogP contribution is 2.35. The van der Waals surface area contributed by atoms with Crippen LogP contribution < -0.4 is 9.47 Å². The highest BCUT2D eigenvalue weighted by atomic mass is 32.2. The predicted molar refractivity (Wildman–Crippen MR) is 85.1 cm³/mol. The van der Waals surface area contributed by atoms with E-state index in [0.29, 0.717) is 27.3 Å². The third-order valence-electron chi connectivity index (χ3n) is 2.91. The van der Waals surface area contributed by atoms with Gasteiger partial charge in [-0.15, -0.1) is 0 Å². The summed E-state index contributed by atoms with van der Waals surface area (Å²) in [6, 6.07) is 5.45. The van der Waals surface area contributed by atoms with Crippen LogP contribution in [0.15, 0.2) is 23.1 Å². The van der Waals surface area contributed by atoms with E-state index in [1.54, 1.807) is 25.2 Å². The Labute approximate surface area is 127 Å². The first kappa shape index (κ1) is 14.9. The summed E-state index contributed by atoms with van der Waals surface area (Å²) in [5, 5.41) is 0. The van der Waals surface area contributed by atoms with Gasteiger partial charge in [-0.25, -0.2) is 0 Å². The lowest BCUT2D eigenvalue weighted by Crippen LogP contribution is -2.27. The quantitative estimate of drug-likeness (QED) is 0.631. The molecule has 106 valence electrons. The molecule has 1 amide bonds. The van der Waals surface area contributed by atoms with E-state index in [1.807, 2.05) is 25.1 Å². The largest absolute Gasteiger partial charge is 0.497 e. The van der Waals surface area contributed by atoms with Gasteiger partial charge >= 0.3 is 0 Å². The fourth-order valence-corrected chi connectivity index (χ4v) is 3.24. The van der Waals surface area contributed by atoms with Crippen LogP contribution in [0.4, 0.5) is 0 Å². The van der Waals surface area contributed by atoms with Crippen LogP contribution in [0.25, 0.3) is 6.08 Å². The third kappa shape index (κ3) is 2.81. The third-order valence-corrected chi connectivity index (χ3v) is 4.29. The topological polar surface area (TPSA) is 38.8 Å². The molecule has 1 aliphatic heterocycles. The Bertz CT molecular complexity index is 584.